The lowest BCUT2D eigenvalue weighted by Gasteiger charge is -2.23. The Labute approximate surface area is 171 Å². The van der Waals surface area contributed by atoms with E-state index in [4.69, 9.17) is 4.74 Å². The number of aromatic nitrogens is 1. The van der Waals surface area contributed by atoms with Crippen LogP contribution in [-0.4, -0.2) is 47.4 Å². The molecule has 1 aliphatic heterocycles. The Balaban J connectivity index is 1.51. The number of carbonyl (C=O) groups is 2. The van der Waals surface area contributed by atoms with Gasteiger partial charge in [0.15, 0.2) is 0 Å². The number of rotatable bonds is 9. The van der Waals surface area contributed by atoms with Crippen molar-refractivity contribution in [3.05, 3.63) is 53.7 Å². The summed E-state index contributed by atoms with van der Waals surface area (Å²) >= 11 is 0. The third kappa shape index (κ3) is 5.25. The summed E-state index contributed by atoms with van der Waals surface area (Å²) in [7, 11) is 0. The molecule has 29 heavy (non-hydrogen) atoms. The van der Waals surface area contributed by atoms with Crippen LogP contribution in [0.2, 0.25) is 0 Å². The van der Waals surface area contributed by atoms with Gasteiger partial charge in [0.25, 0.3) is 5.91 Å². The monoisotopic (exact) mass is 396 g/mol. The maximum absolute atomic E-state index is 12.8. The molecule has 1 aliphatic rings. The van der Waals surface area contributed by atoms with Gasteiger partial charge in [-0.15, -0.1) is 0 Å². The number of carbonyl (C=O) groups excluding carboxylic acids is 2. The molecule has 0 spiro atoms. The highest BCUT2D eigenvalue weighted by Crippen LogP contribution is 2.24. The second-order valence-electron chi connectivity index (χ2n) is 7.54. The van der Waals surface area contributed by atoms with Crippen LogP contribution in [0.4, 0.5) is 5.82 Å². The predicted molar refractivity (Wildman–Crippen MR) is 112 cm³/mol. The van der Waals surface area contributed by atoms with Crippen LogP contribution in [0.5, 0.6) is 5.75 Å². The molecule has 1 aromatic heterocycles. The lowest BCUT2D eigenvalue weighted by molar-refractivity contribution is -0.125. The van der Waals surface area contributed by atoms with Gasteiger partial charge in [-0.25, -0.2) is 4.98 Å². The molecule has 0 unspecified atom stereocenters. The Hall–Kier alpha value is -3.09. The first-order valence-corrected chi connectivity index (χ1v) is 9.96. The number of hydrogen-bond acceptors (Lipinski definition) is 5. The Kier molecular flexibility index (Phi) is 6.69. The fourth-order valence-corrected chi connectivity index (χ4v) is 3.06. The van der Waals surface area contributed by atoms with Gasteiger partial charge in [0.1, 0.15) is 29.9 Å². The topological polar surface area (TPSA) is 83.6 Å². The standard InChI is InChI=1S/C22H28N4O3/c1-15(2)13-24-19-10-9-17-14-26(22(28)20(17)25-19)16(3)21(27)23-11-12-29-18-7-5-4-6-8-18/h4-10,15-16H,11-14H2,1-3H3,(H,23,27)(H,24,25)/t16-/m1/s1. The summed E-state index contributed by atoms with van der Waals surface area (Å²) in [6, 6.07) is 12.6. The SMILES string of the molecule is CC(C)CNc1ccc2c(n1)C(=O)N([C@H](C)C(=O)NCCOc1ccccc1)C2. The van der Waals surface area contributed by atoms with Crippen LogP contribution < -0.4 is 15.4 Å². The van der Waals surface area contributed by atoms with Crippen LogP contribution >= 0.6 is 0 Å². The highest BCUT2D eigenvalue weighted by atomic mass is 16.5. The molecule has 2 aromatic rings. The van der Waals surface area contributed by atoms with Gasteiger partial charge >= 0.3 is 0 Å². The molecule has 7 heteroatoms. The highest BCUT2D eigenvalue weighted by molar-refractivity contribution is 5.99. The molecule has 0 saturated heterocycles. The Morgan fingerprint density at radius 2 is 1.93 bits per heavy atom. The van der Waals surface area contributed by atoms with Crippen molar-refractivity contribution < 1.29 is 14.3 Å². The number of ether oxygens (including phenoxy) is 1. The first kappa shape index (κ1) is 20.6. The van der Waals surface area contributed by atoms with Crippen LogP contribution in [0.15, 0.2) is 42.5 Å². The number of nitrogens with zero attached hydrogens (tertiary/aromatic N) is 2. The maximum atomic E-state index is 12.8. The van der Waals surface area contributed by atoms with Crippen molar-refractivity contribution in [2.75, 3.05) is 25.0 Å². The zero-order chi connectivity index (χ0) is 20.8. The van der Waals surface area contributed by atoms with Crippen molar-refractivity contribution in [2.45, 2.75) is 33.4 Å². The number of amides is 2. The van der Waals surface area contributed by atoms with E-state index < -0.39 is 6.04 Å². The molecule has 1 aromatic carbocycles. The van der Waals surface area contributed by atoms with E-state index in [1.807, 2.05) is 42.5 Å². The zero-order valence-corrected chi connectivity index (χ0v) is 17.1. The zero-order valence-electron chi connectivity index (χ0n) is 17.1. The number of fused-ring (bicyclic) bond motifs is 1. The molecule has 1 atom stereocenters. The van der Waals surface area contributed by atoms with Gasteiger partial charge < -0.3 is 20.3 Å². The van der Waals surface area contributed by atoms with Crippen LogP contribution in [0.25, 0.3) is 0 Å². The first-order valence-electron chi connectivity index (χ1n) is 9.96. The van der Waals surface area contributed by atoms with Gasteiger partial charge in [0, 0.05) is 18.7 Å². The Bertz CT molecular complexity index is 854. The second-order valence-corrected chi connectivity index (χ2v) is 7.54. The van der Waals surface area contributed by atoms with E-state index in [1.165, 1.54) is 0 Å². The molecular weight excluding hydrogens is 368 g/mol. The highest BCUT2D eigenvalue weighted by Gasteiger charge is 2.35. The number of benzene rings is 1. The lowest BCUT2D eigenvalue weighted by atomic mass is 10.2. The van der Waals surface area contributed by atoms with Crippen LogP contribution in [-0.2, 0) is 11.3 Å². The number of anilines is 1. The molecule has 3 rings (SSSR count). The molecule has 154 valence electrons. The molecule has 2 heterocycles. The average Bonchev–Trinajstić information content (AvgIpc) is 3.05. The number of hydrogen-bond donors (Lipinski definition) is 2. The van der Waals surface area contributed by atoms with Crippen LogP contribution in [0.3, 0.4) is 0 Å². The maximum Gasteiger partial charge on any atom is 0.273 e. The lowest BCUT2D eigenvalue weighted by Crippen LogP contribution is -2.46. The molecular formula is C22H28N4O3. The van der Waals surface area contributed by atoms with E-state index in [0.29, 0.717) is 37.1 Å². The Morgan fingerprint density at radius 1 is 1.17 bits per heavy atom. The second kappa shape index (κ2) is 9.41. The molecule has 0 aliphatic carbocycles. The van der Waals surface area contributed by atoms with Crippen molar-refractivity contribution in [2.24, 2.45) is 5.92 Å². The van der Waals surface area contributed by atoms with E-state index in [9.17, 15) is 9.59 Å². The summed E-state index contributed by atoms with van der Waals surface area (Å²) in [4.78, 5) is 31.3. The summed E-state index contributed by atoms with van der Waals surface area (Å²) in [5.74, 6) is 1.50. The van der Waals surface area contributed by atoms with Crippen molar-refractivity contribution in [1.82, 2.24) is 15.2 Å². The van der Waals surface area contributed by atoms with Gasteiger partial charge in [-0.3, -0.25) is 9.59 Å². The van der Waals surface area contributed by atoms with Gasteiger partial charge in [0.05, 0.1) is 6.54 Å². The normalized spacial score (nSPS) is 13.9. The molecule has 0 bridgehead atoms. The molecule has 2 N–H and O–H groups in total. The third-order valence-corrected chi connectivity index (χ3v) is 4.73. The minimum absolute atomic E-state index is 0.207. The molecule has 2 amide bonds. The summed E-state index contributed by atoms with van der Waals surface area (Å²) in [6.07, 6.45) is 0. The van der Waals surface area contributed by atoms with Gasteiger partial charge in [-0.2, -0.15) is 0 Å². The summed E-state index contributed by atoms with van der Waals surface area (Å²) in [5, 5.41) is 6.06. The van der Waals surface area contributed by atoms with E-state index in [2.05, 4.69) is 29.5 Å². The fourth-order valence-electron chi connectivity index (χ4n) is 3.06. The quantitative estimate of drug-likeness (QED) is 0.637. The van der Waals surface area contributed by atoms with Crippen molar-refractivity contribution in [3.8, 4) is 5.75 Å². The Morgan fingerprint density at radius 3 is 2.66 bits per heavy atom. The van der Waals surface area contributed by atoms with Gasteiger partial charge in [-0.1, -0.05) is 38.1 Å². The van der Waals surface area contributed by atoms with E-state index >= 15 is 0 Å². The first-order chi connectivity index (χ1) is 14.0. The van der Waals surface area contributed by atoms with Gasteiger partial charge in [0.2, 0.25) is 5.91 Å². The fraction of sp³-hybridized carbons (Fsp3) is 0.409. The summed E-state index contributed by atoms with van der Waals surface area (Å²) in [6.45, 7) is 7.86. The molecule has 0 fully saturated rings. The van der Waals surface area contributed by atoms with Crippen LogP contribution in [0, 0.1) is 5.92 Å². The van der Waals surface area contributed by atoms with E-state index in [1.54, 1.807) is 11.8 Å². The van der Waals surface area contributed by atoms with Crippen molar-refractivity contribution in [1.29, 1.82) is 0 Å². The van der Waals surface area contributed by atoms with E-state index in [-0.39, 0.29) is 11.8 Å². The smallest absolute Gasteiger partial charge is 0.273 e. The van der Waals surface area contributed by atoms with E-state index in [0.717, 1.165) is 17.9 Å². The summed E-state index contributed by atoms with van der Waals surface area (Å²) < 4.78 is 5.57. The largest absolute Gasteiger partial charge is 0.492 e. The minimum atomic E-state index is -0.583. The molecule has 0 radical (unpaired) electrons. The number of nitrogens with one attached hydrogen (secondary N) is 2. The summed E-state index contributed by atoms with van der Waals surface area (Å²) in [5.41, 5.74) is 1.27. The molecule has 7 nitrogen and oxygen atoms in total. The third-order valence-electron chi connectivity index (χ3n) is 4.73. The van der Waals surface area contributed by atoms with Crippen molar-refractivity contribution >= 4 is 17.6 Å². The number of para-hydroxylation sites is 1. The van der Waals surface area contributed by atoms with Crippen molar-refractivity contribution in [3.63, 3.8) is 0 Å². The van der Waals surface area contributed by atoms with Gasteiger partial charge in [-0.05, 0) is 31.0 Å². The number of pyridine rings is 1. The average molecular weight is 396 g/mol. The predicted octanol–water partition coefficient (Wildman–Crippen LogP) is 2.69. The van der Waals surface area contributed by atoms with Crippen LogP contribution in [0.1, 0.15) is 36.8 Å². The molecule has 0 saturated carbocycles. The minimum Gasteiger partial charge on any atom is -0.492 e.